The van der Waals surface area contributed by atoms with Gasteiger partial charge in [0.15, 0.2) is 5.96 Å². The van der Waals surface area contributed by atoms with Gasteiger partial charge in [0.05, 0.1) is 26.4 Å². The van der Waals surface area contributed by atoms with Gasteiger partial charge in [-0.25, -0.2) is 4.99 Å². The van der Waals surface area contributed by atoms with Crippen LogP contribution in [-0.4, -0.2) is 38.9 Å². The van der Waals surface area contributed by atoms with E-state index in [1.807, 2.05) is 6.92 Å². The first-order valence-corrected chi connectivity index (χ1v) is 9.23. The molecular formula is C20H31N3O2. The molecule has 1 aliphatic rings. The normalized spacial score (nSPS) is 14.8. The Morgan fingerprint density at radius 1 is 1.28 bits per heavy atom. The van der Waals surface area contributed by atoms with Gasteiger partial charge in [0, 0.05) is 18.7 Å². The standard InChI is InChI=1S/C20H31N3O2/c1-4-21-20(22-11-8-17-9-12-24-13-10-17)23-15-18-7-6-16(3)14-19(18)25-5-2/h6-7,9,14H,4-5,8,10-13,15H2,1-3H3,(H2,21,22,23). The maximum absolute atomic E-state index is 5.74. The summed E-state index contributed by atoms with van der Waals surface area (Å²) in [5, 5.41) is 6.72. The van der Waals surface area contributed by atoms with Gasteiger partial charge in [-0.2, -0.15) is 0 Å². The van der Waals surface area contributed by atoms with Crippen molar-refractivity contribution in [2.75, 3.05) is 32.9 Å². The van der Waals surface area contributed by atoms with Crippen LogP contribution in [-0.2, 0) is 11.3 Å². The van der Waals surface area contributed by atoms with E-state index in [1.165, 1.54) is 11.1 Å². The highest BCUT2D eigenvalue weighted by atomic mass is 16.5. The first-order chi connectivity index (χ1) is 12.2. The average Bonchev–Trinajstić information content (AvgIpc) is 2.62. The third kappa shape index (κ3) is 6.78. The van der Waals surface area contributed by atoms with Crippen LogP contribution in [0.5, 0.6) is 5.75 Å². The molecule has 2 N–H and O–H groups in total. The lowest BCUT2D eigenvalue weighted by atomic mass is 10.1. The molecule has 5 nitrogen and oxygen atoms in total. The van der Waals surface area contributed by atoms with E-state index in [4.69, 9.17) is 14.5 Å². The van der Waals surface area contributed by atoms with Crippen LogP contribution >= 0.6 is 0 Å². The molecule has 138 valence electrons. The third-order valence-electron chi connectivity index (χ3n) is 4.07. The number of benzene rings is 1. The zero-order chi connectivity index (χ0) is 17.9. The van der Waals surface area contributed by atoms with E-state index in [-0.39, 0.29) is 0 Å². The molecule has 1 heterocycles. The van der Waals surface area contributed by atoms with Crippen molar-refractivity contribution in [3.8, 4) is 5.75 Å². The molecule has 0 amide bonds. The van der Waals surface area contributed by atoms with E-state index in [9.17, 15) is 0 Å². The molecule has 1 aliphatic heterocycles. The van der Waals surface area contributed by atoms with Crippen LogP contribution in [0.1, 0.15) is 37.8 Å². The van der Waals surface area contributed by atoms with Gasteiger partial charge in [-0.1, -0.05) is 23.8 Å². The van der Waals surface area contributed by atoms with Crippen LogP contribution in [0, 0.1) is 6.92 Å². The number of rotatable bonds is 8. The summed E-state index contributed by atoms with van der Waals surface area (Å²) in [4.78, 5) is 4.71. The highest BCUT2D eigenvalue weighted by molar-refractivity contribution is 5.79. The Labute approximate surface area is 151 Å². The van der Waals surface area contributed by atoms with Crippen molar-refractivity contribution in [1.82, 2.24) is 10.6 Å². The Morgan fingerprint density at radius 2 is 2.16 bits per heavy atom. The second kappa shape index (κ2) is 10.8. The summed E-state index contributed by atoms with van der Waals surface area (Å²) in [5.74, 6) is 1.77. The largest absolute Gasteiger partial charge is 0.494 e. The molecule has 5 heteroatoms. The Hall–Kier alpha value is -2.01. The summed E-state index contributed by atoms with van der Waals surface area (Å²) < 4.78 is 11.1. The molecule has 0 fully saturated rings. The van der Waals surface area contributed by atoms with Gasteiger partial charge < -0.3 is 20.1 Å². The van der Waals surface area contributed by atoms with E-state index < -0.39 is 0 Å². The predicted molar refractivity (Wildman–Crippen MR) is 103 cm³/mol. The SMILES string of the molecule is CCNC(=NCc1ccc(C)cc1OCC)NCCC1=CCOCC1. The van der Waals surface area contributed by atoms with Gasteiger partial charge in [0.25, 0.3) is 0 Å². The molecule has 25 heavy (non-hydrogen) atoms. The topological polar surface area (TPSA) is 54.9 Å². The Balaban J connectivity index is 1.93. The van der Waals surface area contributed by atoms with Crippen molar-refractivity contribution in [2.45, 2.75) is 40.2 Å². The fourth-order valence-electron chi connectivity index (χ4n) is 2.72. The molecule has 1 aromatic rings. The quantitative estimate of drug-likeness (QED) is 0.432. The van der Waals surface area contributed by atoms with Gasteiger partial charge in [-0.15, -0.1) is 0 Å². The summed E-state index contributed by atoms with van der Waals surface area (Å²) in [6.45, 7) is 10.7. The van der Waals surface area contributed by atoms with Crippen LogP contribution in [0.15, 0.2) is 34.8 Å². The Bertz CT molecular complexity index is 597. The summed E-state index contributed by atoms with van der Waals surface area (Å²) in [7, 11) is 0. The monoisotopic (exact) mass is 345 g/mol. The van der Waals surface area contributed by atoms with Gasteiger partial charge in [0.1, 0.15) is 5.75 Å². The van der Waals surface area contributed by atoms with E-state index >= 15 is 0 Å². The summed E-state index contributed by atoms with van der Waals surface area (Å²) in [6, 6.07) is 6.28. The molecule has 2 rings (SSSR count). The smallest absolute Gasteiger partial charge is 0.191 e. The molecular weight excluding hydrogens is 314 g/mol. The van der Waals surface area contributed by atoms with Crippen molar-refractivity contribution in [3.05, 3.63) is 41.0 Å². The van der Waals surface area contributed by atoms with Gasteiger partial charge in [-0.3, -0.25) is 0 Å². The fourth-order valence-corrected chi connectivity index (χ4v) is 2.72. The Morgan fingerprint density at radius 3 is 2.88 bits per heavy atom. The molecule has 0 radical (unpaired) electrons. The number of hydrogen-bond donors (Lipinski definition) is 2. The average molecular weight is 345 g/mol. The van der Waals surface area contributed by atoms with Crippen LogP contribution < -0.4 is 15.4 Å². The van der Waals surface area contributed by atoms with E-state index in [2.05, 4.69) is 48.8 Å². The number of nitrogens with zero attached hydrogens (tertiary/aromatic N) is 1. The minimum atomic E-state index is 0.599. The van der Waals surface area contributed by atoms with Crippen molar-refractivity contribution >= 4 is 5.96 Å². The lowest BCUT2D eigenvalue weighted by Gasteiger charge is -2.16. The number of hydrogen-bond acceptors (Lipinski definition) is 3. The highest BCUT2D eigenvalue weighted by Gasteiger charge is 2.06. The third-order valence-corrected chi connectivity index (χ3v) is 4.07. The van der Waals surface area contributed by atoms with Crippen LogP contribution in [0.25, 0.3) is 0 Å². The van der Waals surface area contributed by atoms with Crippen molar-refractivity contribution in [3.63, 3.8) is 0 Å². The van der Waals surface area contributed by atoms with Crippen LogP contribution in [0.4, 0.5) is 0 Å². The maximum Gasteiger partial charge on any atom is 0.191 e. The fraction of sp³-hybridized carbons (Fsp3) is 0.550. The number of aliphatic imine (C=N–C) groups is 1. The second-order valence-corrected chi connectivity index (χ2v) is 6.10. The van der Waals surface area contributed by atoms with E-state index in [1.54, 1.807) is 0 Å². The second-order valence-electron chi connectivity index (χ2n) is 6.10. The summed E-state index contributed by atoms with van der Waals surface area (Å²) in [5.41, 5.74) is 3.77. The summed E-state index contributed by atoms with van der Waals surface area (Å²) >= 11 is 0. The number of nitrogens with one attached hydrogen (secondary N) is 2. The molecule has 0 atom stereocenters. The van der Waals surface area contributed by atoms with Crippen molar-refractivity contribution < 1.29 is 9.47 Å². The van der Waals surface area contributed by atoms with Gasteiger partial charge in [-0.05, 0) is 45.2 Å². The minimum absolute atomic E-state index is 0.599. The lowest BCUT2D eigenvalue weighted by Crippen LogP contribution is -2.38. The number of aryl methyl sites for hydroxylation is 1. The van der Waals surface area contributed by atoms with Gasteiger partial charge in [0.2, 0.25) is 0 Å². The molecule has 0 bridgehead atoms. The van der Waals surface area contributed by atoms with Crippen molar-refractivity contribution in [1.29, 1.82) is 0 Å². The van der Waals surface area contributed by atoms with Crippen LogP contribution in [0.2, 0.25) is 0 Å². The maximum atomic E-state index is 5.74. The summed E-state index contributed by atoms with van der Waals surface area (Å²) in [6.07, 6.45) is 4.26. The van der Waals surface area contributed by atoms with Gasteiger partial charge >= 0.3 is 0 Å². The molecule has 1 aromatic carbocycles. The lowest BCUT2D eigenvalue weighted by molar-refractivity contribution is 0.153. The first kappa shape index (κ1) is 19.3. The molecule has 0 spiro atoms. The molecule has 0 aromatic heterocycles. The number of guanidine groups is 1. The highest BCUT2D eigenvalue weighted by Crippen LogP contribution is 2.21. The zero-order valence-corrected chi connectivity index (χ0v) is 15.7. The van der Waals surface area contributed by atoms with Crippen LogP contribution in [0.3, 0.4) is 0 Å². The molecule has 0 aliphatic carbocycles. The molecule has 0 saturated carbocycles. The number of ether oxygens (including phenoxy) is 2. The zero-order valence-electron chi connectivity index (χ0n) is 15.7. The van der Waals surface area contributed by atoms with Crippen molar-refractivity contribution in [2.24, 2.45) is 4.99 Å². The minimum Gasteiger partial charge on any atom is -0.494 e. The molecule has 0 unspecified atom stereocenters. The first-order valence-electron chi connectivity index (χ1n) is 9.23. The Kier molecular flexibility index (Phi) is 8.32. The predicted octanol–water partition coefficient (Wildman–Crippen LogP) is 3.19. The van der Waals surface area contributed by atoms with E-state index in [0.29, 0.717) is 13.2 Å². The molecule has 0 saturated heterocycles. The van der Waals surface area contributed by atoms with E-state index in [0.717, 1.165) is 56.4 Å².